The van der Waals surface area contributed by atoms with E-state index in [-0.39, 0.29) is 18.1 Å². The summed E-state index contributed by atoms with van der Waals surface area (Å²) in [4.78, 5) is 38.0. The smallest absolute Gasteiger partial charge is 0.417 e. The van der Waals surface area contributed by atoms with Crippen LogP contribution in [0.5, 0.6) is 17.4 Å². The molecule has 1 N–H and O–H groups in total. The van der Waals surface area contributed by atoms with Gasteiger partial charge >= 0.3 is 6.18 Å². The minimum absolute atomic E-state index is 0.0151. The van der Waals surface area contributed by atoms with Crippen LogP contribution in [0.4, 0.5) is 13.2 Å². The van der Waals surface area contributed by atoms with Gasteiger partial charge in [0.15, 0.2) is 0 Å². The van der Waals surface area contributed by atoms with Gasteiger partial charge in [-0.25, -0.2) is 4.98 Å². The molecule has 0 spiro atoms. The second kappa shape index (κ2) is 13.7. The van der Waals surface area contributed by atoms with Gasteiger partial charge in [-0.05, 0) is 59.7 Å². The minimum Gasteiger partial charge on any atom is -0.497 e. The van der Waals surface area contributed by atoms with Gasteiger partial charge in [-0.15, -0.1) is 0 Å². The van der Waals surface area contributed by atoms with Gasteiger partial charge in [-0.3, -0.25) is 19.5 Å². The Hall–Kier alpha value is -5.43. The third kappa shape index (κ3) is 7.41. The van der Waals surface area contributed by atoms with Gasteiger partial charge in [-0.2, -0.15) is 13.2 Å². The molecule has 0 saturated carbocycles. The summed E-state index contributed by atoms with van der Waals surface area (Å²) in [7, 11) is 3.53. The van der Waals surface area contributed by atoms with Gasteiger partial charge in [0.2, 0.25) is 5.88 Å². The van der Waals surface area contributed by atoms with Crippen molar-refractivity contribution >= 4 is 22.7 Å². The number of methoxy groups -OCH3 is 1. The number of piperazine rings is 1. The maximum atomic E-state index is 13.5. The predicted molar refractivity (Wildman–Crippen MR) is 172 cm³/mol. The lowest BCUT2D eigenvalue weighted by molar-refractivity contribution is -0.137. The fraction of sp³-hybridized carbons (Fsp3) is 0.257. The first-order chi connectivity index (χ1) is 23.1. The van der Waals surface area contributed by atoms with Crippen LogP contribution in [-0.2, 0) is 26.3 Å². The van der Waals surface area contributed by atoms with Crippen molar-refractivity contribution in [3.8, 4) is 17.4 Å². The van der Waals surface area contributed by atoms with E-state index in [1.54, 1.807) is 25.3 Å². The monoisotopic (exact) mass is 658 g/mol. The van der Waals surface area contributed by atoms with Crippen LogP contribution in [0.2, 0.25) is 0 Å². The summed E-state index contributed by atoms with van der Waals surface area (Å²) in [6.45, 7) is 3.77. The molecule has 5 aromatic rings. The predicted octanol–water partition coefficient (Wildman–Crippen LogP) is 5.68. The molecule has 248 valence electrons. The molecule has 1 aliphatic heterocycles. The number of hydrogen-bond acceptors (Lipinski definition) is 7. The molecule has 2 amide bonds. The van der Waals surface area contributed by atoms with Crippen LogP contribution >= 0.6 is 0 Å². The van der Waals surface area contributed by atoms with Crippen LogP contribution in [-0.4, -0.2) is 69.4 Å². The first-order valence-electron chi connectivity index (χ1n) is 15.3. The average molecular weight is 659 g/mol. The van der Waals surface area contributed by atoms with E-state index in [4.69, 9.17) is 9.47 Å². The molecular weight excluding hydrogens is 625 g/mol. The van der Waals surface area contributed by atoms with Gasteiger partial charge in [0, 0.05) is 75.7 Å². The van der Waals surface area contributed by atoms with Crippen LogP contribution in [0.3, 0.4) is 0 Å². The number of carbonyl (C=O) groups is 2. The number of fused-ring (bicyclic) bond motifs is 1. The zero-order valence-electron chi connectivity index (χ0n) is 26.3. The number of aromatic nitrogens is 3. The van der Waals surface area contributed by atoms with Crippen LogP contribution in [0.15, 0.2) is 85.2 Å². The van der Waals surface area contributed by atoms with Gasteiger partial charge in [0.05, 0.1) is 12.7 Å². The molecule has 13 heteroatoms. The Kier molecular flexibility index (Phi) is 9.30. The first-order valence-corrected chi connectivity index (χ1v) is 15.3. The number of alkyl halides is 3. The standard InChI is InChI=1S/C35H33F3N6O4/c1-42-30-11-9-28(48-32-12-5-24(19-40-32)20-41-33(45)29-10-6-26(21-39-29)35(36,37)38)17-25(30)18-31(42)34(46)44-15-13-43(14-16-44)22-23-3-7-27(47-2)8-4-23/h3-12,17-19,21H,13-16,20,22H2,1-2H3,(H,41,45). The lowest BCUT2D eigenvalue weighted by atomic mass is 10.2. The van der Waals surface area contributed by atoms with Crippen LogP contribution in [0.25, 0.3) is 10.9 Å². The van der Waals surface area contributed by atoms with Crippen molar-refractivity contribution < 1.29 is 32.2 Å². The molecule has 1 saturated heterocycles. The third-order valence-corrected chi connectivity index (χ3v) is 8.25. The molecule has 0 radical (unpaired) electrons. The van der Waals surface area contributed by atoms with E-state index in [0.29, 0.717) is 42.2 Å². The van der Waals surface area contributed by atoms with E-state index in [0.717, 1.165) is 48.4 Å². The van der Waals surface area contributed by atoms with E-state index in [1.807, 2.05) is 46.8 Å². The lowest BCUT2D eigenvalue weighted by Gasteiger charge is -2.34. The van der Waals surface area contributed by atoms with Crippen LogP contribution in [0.1, 0.15) is 37.7 Å². The Balaban J connectivity index is 1.03. The van der Waals surface area contributed by atoms with E-state index in [9.17, 15) is 22.8 Å². The fourth-order valence-corrected chi connectivity index (χ4v) is 5.52. The molecule has 0 atom stereocenters. The zero-order chi connectivity index (χ0) is 33.8. The quantitative estimate of drug-likeness (QED) is 0.218. The molecule has 48 heavy (non-hydrogen) atoms. The Morgan fingerprint density at radius 1 is 0.854 bits per heavy atom. The number of pyridine rings is 2. The molecule has 3 aromatic heterocycles. The van der Waals surface area contributed by atoms with E-state index in [1.165, 1.54) is 11.8 Å². The Bertz CT molecular complexity index is 1900. The number of aryl methyl sites for hydroxylation is 1. The average Bonchev–Trinajstić information content (AvgIpc) is 3.43. The van der Waals surface area contributed by atoms with Crippen molar-refractivity contribution in [1.29, 1.82) is 0 Å². The number of carbonyl (C=O) groups excluding carboxylic acids is 2. The van der Waals surface area contributed by atoms with Gasteiger partial charge in [-0.1, -0.05) is 18.2 Å². The third-order valence-electron chi connectivity index (χ3n) is 8.25. The normalized spacial score (nSPS) is 13.8. The van der Waals surface area contributed by atoms with E-state index in [2.05, 4.69) is 32.3 Å². The first kappa shape index (κ1) is 32.5. The summed E-state index contributed by atoms with van der Waals surface area (Å²) in [6, 6.07) is 20.7. The lowest BCUT2D eigenvalue weighted by Crippen LogP contribution is -2.48. The summed E-state index contributed by atoms with van der Waals surface area (Å²) >= 11 is 0. The highest BCUT2D eigenvalue weighted by atomic mass is 19.4. The maximum Gasteiger partial charge on any atom is 0.417 e. The molecular formula is C35H33F3N6O4. The van der Waals surface area contributed by atoms with Crippen molar-refractivity contribution in [1.82, 2.24) is 29.7 Å². The highest BCUT2D eigenvalue weighted by Gasteiger charge is 2.31. The summed E-state index contributed by atoms with van der Waals surface area (Å²) in [5.74, 6) is 1.08. The SMILES string of the molecule is COc1ccc(CN2CCN(C(=O)c3cc4cc(Oc5ccc(CNC(=O)c6ccc(C(F)(F)F)cn6)cn5)ccc4n3C)CC2)cc1. The Morgan fingerprint density at radius 2 is 1.58 bits per heavy atom. The van der Waals surface area contributed by atoms with Crippen molar-refractivity contribution in [2.24, 2.45) is 7.05 Å². The van der Waals surface area contributed by atoms with E-state index >= 15 is 0 Å². The molecule has 0 bridgehead atoms. The molecule has 6 rings (SSSR count). The van der Waals surface area contributed by atoms with Crippen molar-refractivity contribution in [2.75, 3.05) is 33.3 Å². The number of hydrogen-bond donors (Lipinski definition) is 1. The number of ether oxygens (including phenoxy) is 2. The molecule has 0 unspecified atom stereocenters. The van der Waals surface area contributed by atoms with Gasteiger partial charge in [0.25, 0.3) is 11.8 Å². The summed E-state index contributed by atoms with van der Waals surface area (Å²) in [5.41, 5.74) is 2.30. The second-order valence-electron chi connectivity index (χ2n) is 11.4. The largest absolute Gasteiger partial charge is 0.497 e. The number of benzene rings is 2. The molecule has 0 aliphatic carbocycles. The molecule has 1 aliphatic rings. The van der Waals surface area contributed by atoms with Crippen molar-refractivity contribution in [2.45, 2.75) is 19.3 Å². The fourth-order valence-electron chi connectivity index (χ4n) is 5.52. The number of nitrogens with one attached hydrogen (secondary N) is 1. The van der Waals surface area contributed by atoms with Crippen LogP contribution in [0, 0.1) is 0 Å². The van der Waals surface area contributed by atoms with Gasteiger partial charge < -0.3 is 24.3 Å². The van der Waals surface area contributed by atoms with Crippen LogP contribution < -0.4 is 14.8 Å². The number of amides is 2. The Labute approximate surface area is 274 Å². The summed E-state index contributed by atoms with van der Waals surface area (Å²) in [6.07, 6.45) is -2.37. The van der Waals surface area contributed by atoms with E-state index < -0.39 is 17.6 Å². The summed E-state index contributed by atoms with van der Waals surface area (Å²) in [5, 5.41) is 3.47. The van der Waals surface area contributed by atoms with Gasteiger partial charge in [0.1, 0.15) is 22.9 Å². The summed E-state index contributed by atoms with van der Waals surface area (Å²) < 4.78 is 51.3. The molecule has 2 aromatic carbocycles. The Morgan fingerprint density at radius 3 is 2.23 bits per heavy atom. The second-order valence-corrected chi connectivity index (χ2v) is 11.4. The van der Waals surface area contributed by atoms with Crippen molar-refractivity contribution in [3.63, 3.8) is 0 Å². The minimum atomic E-state index is -4.53. The highest BCUT2D eigenvalue weighted by molar-refractivity contribution is 5.99. The van der Waals surface area contributed by atoms with Crippen molar-refractivity contribution in [3.05, 3.63) is 113 Å². The highest BCUT2D eigenvalue weighted by Crippen LogP contribution is 2.29. The number of halogens is 3. The molecule has 10 nitrogen and oxygen atoms in total. The maximum absolute atomic E-state index is 13.5. The topological polar surface area (TPSA) is 102 Å². The zero-order valence-corrected chi connectivity index (χ0v) is 26.3. The molecule has 1 fully saturated rings. The number of rotatable bonds is 9. The molecule has 4 heterocycles. The number of nitrogens with zero attached hydrogens (tertiary/aromatic N) is 5.